The van der Waals surface area contributed by atoms with Gasteiger partial charge in [0, 0.05) is 19.3 Å². The van der Waals surface area contributed by atoms with Gasteiger partial charge in [-0.3, -0.25) is 0 Å². The van der Waals surface area contributed by atoms with Crippen LogP contribution in [-0.2, 0) is 0 Å². The Kier molecular flexibility index (Phi) is 3.74. The van der Waals surface area contributed by atoms with Gasteiger partial charge in [0.05, 0.1) is 0 Å². The lowest BCUT2D eigenvalue weighted by Crippen LogP contribution is -2.48. The third-order valence-electron chi connectivity index (χ3n) is 2.28. The Balaban J connectivity index is 2.96. The maximum absolute atomic E-state index is 12.9. The number of benzene rings is 1. The zero-order chi connectivity index (χ0) is 12.3. The number of rotatable bonds is 3. The minimum absolute atomic E-state index is 0.146. The summed E-state index contributed by atoms with van der Waals surface area (Å²) in [6.45, 7) is -0.573. The Morgan fingerprint density at radius 2 is 2.00 bits per heavy atom. The molecule has 16 heavy (non-hydrogen) atoms. The molecule has 0 radical (unpaired) electrons. The van der Waals surface area contributed by atoms with E-state index in [2.05, 4.69) is 0 Å². The molecule has 1 atom stereocenters. The first kappa shape index (κ1) is 12.8. The summed E-state index contributed by atoms with van der Waals surface area (Å²) >= 11 is 0. The standard InChI is InChI=1S/C10H12F4N2/c1-16(9(6-15)10(12,13)14)8-4-2-3-7(11)5-8/h2-5,9H,6,15H2,1H3. The molecular formula is C10H12F4N2. The fourth-order valence-electron chi connectivity index (χ4n) is 1.39. The van der Waals surface area contributed by atoms with Gasteiger partial charge in [-0.05, 0) is 18.2 Å². The van der Waals surface area contributed by atoms with Crippen LogP contribution in [0.25, 0.3) is 0 Å². The first-order valence-corrected chi connectivity index (χ1v) is 4.61. The van der Waals surface area contributed by atoms with Crippen LogP contribution in [0.2, 0.25) is 0 Å². The second-order valence-electron chi connectivity index (χ2n) is 3.38. The van der Waals surface area contributed by atoms with Crippen molar-refractivity contribution in [2.75, 3.05) is 18.5 Å². The van der Waals surface area contributed by atoms with Crippen LogP contribution in [0, 0.1) is 5.82 Å². The van der Waals surface area contributed by atoms with E-state index in [4.69, 9.17) is 5.73 Å². The van der Waals surface area contributed by atoms with Gasteiger partial charge in [-0.15, -0.1) is 0 Å². The van der Waals surface area contributed by atoms with Crippen LogP contribution >= 0.6 is 0 Å². The molecule has 0 bridgehead atoms. The molecule has 0 aliphatic carbocycles. The molecule has 0 saturated carbocycles. The fourth-order valence-corrected chi connectivity index (χ4v) is 1.39. The van der Waals surface area contributed by atoms with Gasteiger partial charge >= 0.3 is 6.18 Å². The molecule has 2 N–H and O–H groups in total. The maximum Gasteiger partial charge on any atom is 0.409 e. The van der Waals surface area contributed by atoms with Crippen molar-refractivity contribution in [3.63, 3.8) is 0 Å². The summed E-state index contributed by atoms with van der Waals surface area (Å²) in [5, 5.41) is 0. The fraction of sp³-hybridized carbons (Fsp3) is 0.400. The van der Waals surface area contributed by atoms with Gasteiger partial charge in [-0.1, -0.05) is 6.07 Å². The van der Waals surface area contributed by atoms with E-state index in [1.807, 2.05) is 0 Å². The molecule has 90 valence electrons. The third kappa shape index (κ3) is 2.85. The number of halogens is 4. The van der Waals surface area contributed by atoms with Crippen LogP contribution in [-0.4, -0.2) is 25.8 Å². The summed E-state index contributed by atoms with van der Waals surface area (Å²) in [5.74, 6) is -0.581. The van der Waals surface area contributed by atoms with E-state index in [-0.39, 0.29) is 5.69 Å². The summed E-state index contributed by atoms with van der Waals surface area (Å²) in [4.78, 5) is 0.920. The second kappa shape index (κ2) is 4.69. The molecule has 0 aliphatic rings. The molecule has 1 unspecified atom stereocenters. The van der Waals surface area contributed by atoms with E-state index in [9.17, 15) is 17.6 Å². The number of hydrogen-bond donors (Lipinski definition) is 1. The highest BCUT2D eigenvalue weighted by Crippen LogP contribution is 2.27. The molecule has 1 aromatic rings. The van der Waals surface area contributed by atoms with Crippen molar-refractivity contribution in [2.24, 2.45) is 5.73 Å². The Hall–Kier alpha value is -1.30. The van der Waals surface area contributed by atoms with Crippen LogP contribution in [0.15, 0.2) is 24.3 Å². The summed E-state index contributed by atoms with van der Waals surface area (Å²) in [6, 6.07) is 3.15. The van der Waals surface area contributed by atoms with Crippen molar-refractivity contribution in [3.05, 3.63) is 30.1 Å². The molecule has 0 aliphatic heterocycles. The highest BCUT2D eigenvalue weighted by atomic mass is 19.4. The average Bonchev–Trinajstić information content (AvgIpc) is 2.16. The van der Waals surface area contributed by atoms with Crippen molar-refractivity contribution < 1.29 is 17.6 Å². The van der Waals surface area contributed by atoms with Gasteiger partial charge in [-0.25, -0.2) is 4.39 Å². The zero-order valence-electron chi connectivity index (χ0n) is 8.63. The summed E-state index contributed by atoms with van der Waals surface area (Å²) in [7, 11) is 1.24. The molecule has 1 rings (SSSR count). The molecule has 0 fully saturated rings. The van der Waals surface area contributed by atoms with Crippen LogP contribution in [0.1, 0.15) is 0 Å². The smallest absolute Gasteiger partial charge is 0.362 e. The minimum atomic E-state index is -4.43. The van der Waals surface area contributed by atoms with Crippen LogP contribution in [0.5, 0.6) is 0 Å². The van der Waals surface area contributed by atoms with E-state index >= 15 is 0 Å². The van der Waals surface area contributed by atoms with Crippen molar-refractivity contribution in [3.8, 4) is 0 Å². The summed E-state index contributed by atoms with van der Waals surface area (Å²) < 4.78 is 50.5. The topological polar surface area (TPSA) is 29.3 Å². The molecule has 0 amide bonds. The predicted molar refractivity (Wildman–Crippen MR) is 53.7 cm³/mol. The van der Waals surface area contributed by atoms with Crippen molar-refractivity contribution in [1.82, 2.24) is 0 Å². The van der Waals surface area contributed by atoms with Gasteiger partial charge < -0.3 is 10.6 Å². The van der Waals surface area contributed by atoms with Crippen molar-refractivity contribution in [1.29, 1.82) is 0 Å². The first-order chi connectivity index (χ1) is 7.36. The lowest BCUT2D eigenvalue weighted by atomic mass is 10.2. The number of hydrogen-bond acceptors (Lipinski definition) is 2. The van der Waals surface area contributed by atoms with E-state index in [0.717, 1.165) is 11.0 Å². The molecule has 0 saturated heterocycles. The van der Waals surface area contributed by atoms with Gasteiger partial charge in [0.15, 0.2) is 0 Å². The number of likely N-dealkylation sites (N-methyl/N-ethyl adjacent to an activating group) is 1. The monoisotopic (exact) mass is 236 g/mol. The highest BCUT2D eigenvalue weighted by Gasteiger charge is 2.41. The summed E-state index contributed by atoms with van der Waals surface area (Å²) in [6.07, 6.45) is -4.43. The lowest BCUT2D eigenvalue weighted by Gasteiger charge is -2.30. The molecule has 2 nitrogen and oxygen atoms in total. The van der Waals surface area contributed by atoms with E-state index < -0.39 is 24.6 Å². The zero-order valence-corrected chi connectivity index (χ0v) is 8.63. The quantitative estimate of drug-likeness (QED) is 0.815. The van der Waals surface area contributed by atoms with Gasteiger partial charge in [-0.2, -0.15) is 13.2 Å². The molecule has 6 heteroatoms. The second-order valence-corrected chi connectivity index (χ2v) is 3.38. The van der Waals surface area contributed by atoms with Crippen molar-refractivity contribution >= 4 is 5.69 Å². The molecule has 0 aromatic heterocycles. The number of anilines is 1. The first-order valence-electron chi connectivity index (χ1n) is 4.61. The maximum atomic E-state index is 12.9. The van der Waals surface area contributed by atoms with Gasteiger partial charge in [0.2, 0.25) is 0 Å². The highest BCUT2D eigenvalue weighted by molar-refractivity contribution is 5.47. The number of nitrogens with two attached hydrogens (primary N) is 1. The SMILES string of the molecule is CN(c1cccc(F)c1)C(CN)C(F)(F)F. The average molecular weight is 236 g/mol. The predicted octanol–water partition coefficient (Wildman–Crippen LogP) is 2.15. The largest absolute Gasteiger partial charge is 0.409 e. The van der Waals surface area contributed by atoms with E-state index in [0.29, 0.717) is 0 Å². The Labute approximate surface area is 90.7 Å². The van der Waals surface area contributed by atoms with Crippen LogP contribution < -0.4 is 10.6 Å². The van der Waals surface area contributed by atoms with Crippen LogP contribution in [0.4, 0.5) is 23.2 Å². The molecule has 0 heterocycles. The van der Waals surface area contributed by atoms with Crippen molar-refractivity contribution in [2.45, 2.75) is 12.2 Å². The normalized spacial score (nSPS) is 13.6. The Bertz CT molecular complexity index is 351. The Morgan fingerprint density at radius 1 is 1.38 bits per heavy atom. The number of nitrogens with zero attached hydrogens (tertiary/aromatic N) is 1. The molecule has 0 spiro atoms. The third-order valence-corrected chi connectivity index (χ3v) is 2.28. The van der Waals surface area contributed by atoms with E-state index in [1.54, 1.807) is 0 Å². The Morgan fingerprint density at radius 3 is 2.44 bits per heavy atom. The van der Waals surface area contributed by atoms with Gasteiger partial charge in [0.1, 0.15) is 11.9 Å². The van der Waals surface area contributed by atoms with E-state index in [1.165, 1.54) is 25.2 Å². The molecule has 1 aromatic carbocycles. The number of alkyl halides is 3. The molecular weight excluding hydrogens is 224 g/mol. The van der Waals surface area contributed by atoms with Gasteiger partial charge in [0.25, 0.3) is 0 Å². The summed E-state index contributed by atoms with van der Waals surface area (Å²) in [5.41, 5.74) is 5.23. The minimum Gasteiger partial charge on any atom is -0.362 e. The van der Waals surface area contributed by atoms with Crippen LogP contribution in [0.3, 0.4) is 0 Å². The lowest BCUT2D eigenvalue weighted by molar-refractivity contribution is -0.145.